The van der Waals surface area contributed by atoms with Gasteiger partial charge in [0.2, 0.25) is 0 Å². The molecular formula is C14H17FN2. The second kappa shape index (κ2) is 4.13. The van der Waals surface area contributed by atoms with E-state index in [9.17, 15) is 4.39 Å². The molecule has 1 atom stereocenters. The lowest BCUT2D eigenvalue weighted by molar-refractivity contribution is 0.414. The quantitative estimate of drug-likeness (QED) is 0.776. The molecule has 3 heteroatoms. The molecule has 2 aromatic heterocycles. The van der Waals surface area contributed by atoms with E-state index in [4.69, 9.17) is 0 Å². The van der Waals surface area contributed by atoms with Gasteiger partial charge in [0.15, 0.2) is 0 Å². The molecule has 0 spiro atoms. The molecule has 0 radical (unpaired) electrons. The molecule has 0 N–H and O–H groups in total. The van der Waals surface area contributed by atoms with Crippen LogP contribution in [0.2, 0.25) is 0 Å². The summed E-state index contributed by atoms with van der Waals surface area (Å²) in [6, 6.07) is 3.25. The summed E-state index contributed by atoms with van der Waals surface area (Å²) in [6.45, 7) is 2.23. The molecule has 2 nitrogen and oxygen atoms in total. The maximum Gasteiger partial charge on any atom is 0.139 e. The van der Waals surface area contributed by atoms with Crippen LogP contribution in [0.25, 0.3) is 5.65 Å². The van der Waals surface area contributed by atoms with Gasteiger partial charge in [0.1, 0.15) is 11.5 Å². The minimum atomic E-state index is -0.185. The maximum atomic E-state index is 13.3. The first-order chi connectivity index (χ1) is 8.28. The summed E-state index contributed by atoms with van der Waals surface area (Å²) in [5.74, 6) is 0.561. The van der Waals surface area contributed by atoms with Gasteiger partial charge >= 0.3 is 0 Å². The molecule has 90 valence electrons. The second-order valence-electron chi connectivity index (χ2n) is 4.98. The number of halogens is 1. The third-order valence-electron chi connectivity index (χ3n) is 3.73. The predicted molar refractivity (Wildman–Crippen MR) is 65.6 cm³/mol. The normalized spacial score (nSPS) is 19.5. The van der Waals surface area contributed by atoms with Crippen LogP contribution in [0.15, 0.2) is 18.3 Å². The Labute approximate surface area is 100 Å². The number of fused-ring (bicyclic) bond motifs is 3. The molecule has 1 unspecified atom stereocenters. The fourth-order valence-electron chi connectivity index (χ4n) is 2.90. The van der Waals surface area contributed by atoms with Crippen molar-refractivity contribution in [1.82, 2.24) is 9.38 Å². The highest BCUT2D eigenvalue weighted by Gasteiger charge is 2.22. The molecule has 1 aliphatic rings. The summed E-state index contributed by atoms with van der Waals surface area (Å²) >= 11 is 0. The van der Waals surface area contributed by atoms with Gasteiger partial charge in [-0.2, -0.15) is 0 Å². The monoisotopic (exact) mass is 232 g/mol. The lowest BCUT2D eigenvalue weighted by atomic mass is 9.87. The smallest absolute Gasteiger partial charge is 0.139 e. The number of hydrogen-bond acceptors (Lipinski definition) is 1. The molecule has 0 saturated carbocycles. The fourth-order valence-corrected chi connectivity index (χ4v) is 2.90. The number of aryl methyl sites for hydroxylation is 1. The van der Waals surface area contributed by atoms with E-state index in [0.717, 1.165) is 24.4 Å². The highest BCUT2D eigenvalue weighted by Crippen LogP contribution is 2.28. The van der Waals surface area contributed by atoms with Crippen molar-refractivity contribution in [2.45, 2.75) is 39.0 Å². The van der Waals surface area contributed by atoms with E-state index in [2.05, 4.69) is 11.9 Å². The standard InChI is InChI=1S/C14H17FN2/c1-2-3-10-4-6-12-13(8-10)17-9-11(15)5-7-14(17)16-12/h5,7,9-10H,2-4,6,8H2,1H3. The van der Waals surface area contributed by atoms with Crippen molar-refractivity contribution < 1.29 is 4.39 Å². The van der Waals surface area contributed by atoms with Crippen molar-refractivity contribution in [2.75, 3.05) is 0 Å². The fraction of sp³-hybridized carbons (Fsp3) is 0.500. The Balaban J connectivity index is 2.04. The van der Waals surface area contributed by atoms with E-state index in [1.54, 1.807) is 12.3 Å². The first-order valence-electron chi connectivity index (χ1n) is 6.43. The molecule has 17 heavy (non-hydrogen) atoms. The molecule has 0 fully saturated rings. The van der Waals surface area contributed by atoms with E-state index in [0.29, 0.717) is 0 Å². The van der Waals surface area contributed by atoms with Gasteiger partial charge in [-0.15, -0.1) is 0 Å². The van der Waals surface area contributed by atoms with Crippen LogP contribution >= 0.6 is 0 Å². The van der Waals surface area contributed by atoms with Gasteiger partial charge in [0, 0.05) is 11.9 Å². The molecule has 0 amide bonds. The molecule has 2 aromatic rings. The number of pyridine rings is 1. The van der Waals surface area contributed by atoms with Crippen LogP contribution in [0, 0.1) is 11.7 Å². The number of rotatable bonds is 2. The Morgan fingerprint density at radius 2 is 2.35 bits per heavy atom. The van der Waals surface area contributed by atoms with Gasteiger partial charge in [-0.3, -0.25) is 0 Å². The van der Waals surface area contributed by atoms with E-state index in [1.165, 1.54) is 36.7 Å². The molecule has 1 aliphatic carbocycles. The lowest BCUT2D eigenvalue weighted by Crippen LogP contribution is -2.15. The molecule has 3 rings (SSSR count). The van der Waals surface area contributed by atoms with Gasteiger partial charge in [0.25, 0.3) is 0 Å². The van der Waals surface area contributed by atoms with Crippen molar-refractivity contribution in [3.8, 4) is 0 Å². The first-order valence-corrected chi connectivity index (χ1v) is 6.43. The highest BCUT2D eigenvalue weighted by atomic mass is 19.1. The third-order valence-corrected chi connectivity index (χ3v) is 3.73. The zero-order valence-corrected chi connectivity index (χ0v) is 10.1. The van der Waals surface area contributed by atoms with Crippen molar-refractivity contribution in [3.63, 3.8) is 0 Å². The number of hydrogen-bond donors (Lipinski definition) is 0. The maximum absolute atomic E-state index is 13.3. The summed E-state index contributed by atoms with van der Waals surface area (Å²) in [6.07, 6.45) is 7.38. The van der Waals surface area contributed by atoms with E-state index >= 15 is 0 Å². The van der Waals surface area contributed by atoms with Crippen LogP contribution in [0.3, 0.4) is 0 Å². The molecule has 0 bridgehead atoms. The molecule has 2 heterocycles. The Morgan fingerprint density at radius 3 is 3.18 bits per heavy atom. The van der Waals surface area contributed by atoms with Crippen LogP contribution in [0.4, 0.5) is 4.39 Å². The Kier molecular flexibility index (Phi) is 2.61. The van der Waals surface area contributed by atoms with E-state index < -0.39 is 0 Å². The van der Waals surface area contributed by atoms with E-state index in [1.807, 2.05) is 4.40 Å². The van der Waals surface area contributed by atoms with Crippen molar-refractivity contribution >= 4 is 5.65 Å². The third kappa shape index (κ3) is 1.84. The van der Waals surface area contributed by atoms with Crippen LogP contribution < -0.4 is 0 Å². The predicted octanol–water partition coefficient (Wildman–Crippen LogP) is 3.38. The lowest BCUT2D eigenvalue weighted by Gasteiger charge is -2.21. The zero-order chi connectivity index (χ0) is 11.8. The number of nitrogens with zero attached hydrogens (tertiary/aromatic N) is 2. The van der Waals surface area contributed by atoms with Gasteiger partial charge < -0.3 is 4.40 Å². The molecule has 0 aliphatic heterocycles. The molecule has 0 saturated heterocycles. The summed E-state index contributed by atoms with van der Waals surface area (Å²) in [5.41, 5.74) is 3.28. The Bertz CT molecular complexity index is 544. The Morgan fingerprint density at radius 1 is 1.47 bits per heavy atom. The number of imidazole rings is 1. The van der Waals surface area contributed by atoms with Crippen LogP contribution in [0.1, 0.15) is 37.6 Å². The molecular weight excluding hydrogens is 215 g/mol. The summed E-state index contributed by atoms with van der Waals surface area (Å²) in [5, 5.41) is 0. The van der Waals surface area contributed by atoms with Crippen molar-refractivity contribution in [3.05, 3.63) is 35.5 Å². The molecule has 0 aromatic carbocycles. The van der Waals surface area contributed by atoms with E-state index in [-0.39, 0.29) is 5.82 Å². The van der Waals surface area contributed by atoms with Gasteiger partial charge in [-0.1, -0.05) is 19.8 Å². The Hall–Kier alpha value is -1.38. The minimum absolute atomic E-state index is 0.185. The summed E-state index contributed by atoms with van der Waals surface area (Å²) in [7, 11) is 0. The van der Waals surface area contributed by atoms with Gasteiger partial charge in [-0.05, 0) is 37.3 Å². The largest absolute Gasteiger partial charge is 0.301 e. The topological polar surface area (TPSA) is 17.3 Å². The second-order valence-corrected chi connectivity index (χ2v) is 4.98. The average Bonchev–Trinajstić information content (AvgIpc) is 2.67. The average molecular weight is 232 g/mol. The van der Waals surface area contributed by atoms with Crippen LogP contribution in [-0.4, -0.2) is 9.38 Å². The van der Waals surface area contributed by atoms with Crippen molar-refractivity contribution in [2.24, 2.45) is 5.92 Å². The first kappa shape index (κ1) is 10.8. The zero-order valence-electron chi connectivity index (χ0n) is 10.1. The van der Waals surface area contributed by atoms with Crippen LogP contribution in [0.5, 0.6) is 0 Å². The van der Waals surface area contributed by atoms with Crippen LogP contribution in [-0.2, 0) is 12.8 Å². The van der Waals surface area contributed by atoms with Gasteiger partial charge in [0.05, 0.1) is 5.69 Å². The number of aromatic nitrogens is 2. The van der Waals surface area contributed by atoms with Gasteiger partial charge in [-0.25, -0.2) is 9.37 Å². The summed E-state index contributed by atoms with van der Waals surface area (Å²) < 4.78 is 15.2. The van der Waals surface area contributed by atoms with Crippen molar-refractivity contribution in [1.29, 1.82) is 0 Å². The summed E-state index contributed by atoms with van der Waals surface area (Å²) in [4.78, 5) is 4.59. The minimum Gasteiger partial charge on any atom is -0.301 e. The SMILES string of the molecule is CCCC1CCc2nc3ccc(F)cn3c2C1. The highest BCUT2D eigenvalue weighted by molar-refractivity contribution is 5.44.